The van der Waals surface area contributed by atoms with Crippen LogP contribution >= 0.6 is 33.9 Å². The largest absolute Gasteiger partial charge is 0.497 e. The van der Waals surface area contributed by atoms with Crippen LogP contribution in [0, 0.1) is 9.39 Å². The van der Waals surface area contributed by atoms with Gasteiger partial charge >= 0.3 is 0 Å². The molecule has 6 rings (SSSR count). The van der Waals surface area contributed by atoms with E-state index < -0.39 is 6.04 Å². The minimum atomic E-state index is -0.730. The van der Waals surface area contributed by atoms with Gasteiger partial charge in [0, 0.05) is 11.3 Å². The van der Waals surface area contributed by atoms with Crippen LogP contribution in [0.1, 0.15) is 29.7 Å². The number of rotatable bonds is 9. The second-order valence-electron chi connectivity index (χ2n) is 10.6. The van der Waals surface area contributed by atoms with Crippen molar-refractivity contribution in [2.75, 3.05) is 19.5 Å². The highest BCUT2D eigenvalue weighted by Crippen LogP contribution is 2.35. The first kappa shape index (κ1) is 32.2. The minimum absolute atomic E-state index is 0.0296. The van der Waals surface area contributed by atoms with Gasteiger partial charge in [-0.25, -0.2) is 9.38 Å². The van der Waals surface area contributed by atoms with E-state index in [9.17, 15) is 14.0 Å². The van der Waals surface area contributed by atoms with Crippen molar-refractivity contribution in [3.05, 3.63) is 148 Å². The van der Waals surface area contributed by atoms with Gasteiger partial charge in [0.15, 0.2) is 16.3 Å². The number of amides is 1. The molecule has 1 amide bonds. The topological polar surface area (TPSA) is 91.2 Å². The van der Waals surface area contributed by atoms with E-state index in [4.69, 9.17) is 19.2 Å². The van der Waals surface area contributed by atoms with E-state index in [0.717, 1.165) is 9.13 Å². The molecule has 0 radical (unpaired) electrons. The lowest BCUT2D eigenvalue weighted by molar-refractivity contribution is -0.113. The molecule has 0 aliphatic carbocycles. The van der Waals surface area contributed by atoms with Gasteiger partial charge in [0.25, 0.3) is 11.5 Å². The normalized spacial score (nSPS) is 14.3. The highest BCUT2D eigenvalue weighted by molar-refractivity contribution is 14.1. The molecule has 8 nitrogen and oxygen atoms in total. The number of carbonyl (C=O) groups is 1. The molecule has 0 spiro atoms. The van der Waals surface area contributed by atoms with Gasteiger partial charge in [0.2, 0.25) is 0 Å². The Kier molecular flexibility index (Phi) is 9.55. The fraction of sp³-hybridized carbons (Fsp3) is 0.139. The van der Waals surface area contributed by atoms with Crippen molar-refractivity contribution < 1.29 is 23.4 Å². The van der Waals surface area contributed by atoms with Crippen molar-refractivity contribution in [2.45, 2.75) is 19.6 Å². The van der Waals surface area contributed by atoms with Gasteiger partial charge in [-0.3, -0.25) is 14.2 Å². The lowest BCUT2D eigenvalue weighted by Gasteiger charge is -2.25. The Bertz CT molecular complexity index is 2180. The molecule has 1 aliphatic rings. The molecule has 0 fully saturated rings. The monoisotopic (exact) mass is 761 g/mol. The van der Waals surface area contributed by atoms with E-state index >= 15 is 0 Å². The Balaban J connectivity index is 1.41. The molecule has 0 bridgehead atoms. The van der Waals surface area contributed by atoms with Crippen molar-refractivity contribution in [1.82, 2.24) is 4.57 Å². The summed E-state index contributed by atoms with van der Waals surface area (Å²) in [6, 6.07) is 25.8. The van der Waals surface area contributed by atoms with E-state index in [1.54, 1.807) is 73.2 Å². The number of allylic oxidation sites excluding steroid dienone is 1. The van der Waals surface area contributed by atoms with Gasteiger partial charge in [-0.05, 0) is 89.2 Å². The zero-order valence-corrected chi connectivity index (χ0v) is 28.6. The third-order valence-electron chi connectivity index (χ3n) is 7.61. The Morgan fingerprint density at radius 3 is 2.45 bits per heavy atom. The number of methoxy groups -OCH3 is 2. The molecule has 1 aromatic heterocycles. The average molecular weight is 762 g/mol. The number of fused-ring (bicyclic) bond motifs is 1. The molecule has 0 saturated carbocycles. The first-order valence-electron chi connectivity index (χ1n) is 14.5. The molecular formula is C36H29FIN3O5S. The first-order valence-corrected chi connectivity index (χ1v) is 16.4. The lowest BCUT2D eigenvalue weighted by atomic mass is 9.95. The van der Waals surface area contributed by atoms with Gasteiger partial charge in [-0.1, -0.05) is 59.9 Å². The summed E-state index contributed by atoms with van der Waals surface area (Å²) in [5.41, 5.74) is 3.08. The molecular weight excluding hydrogens is 732 g/mol. The van der Waals surface area contributed by atoms with Crippen LogP contribution in [0.3, 0.4) is 0 Å². The van der Waals surface area contributed by atoms with Gasteiger partial charge in [-0.2, -0.15) is 0 Å². The minimum Gasteiger partial charge on any atom is -0.497 e. The zero-order valence-electron chi connectivity index (χ0n) is 25.6. The van der Waals surface area contributed by atoms with E-state index in [2.05, 4.69) is 27.9 Å². The van der Waals surface area contributed by atoms with Crippen LogP contribution in [-0.4, -0.2) is 24.7 Å². The number of benzene rings is 4. The van der Waals surface area contributed by atoms with Crippen LogP contribution in [0.2, 0.25) is 0 Å². The number of halogens is 2. The molecule has 0 saturated heterocycles. The zero-order chi connectivity index (χ0) is 33.1. The van der Waals surface area contributed by atoms with Gasteiger partial charge < -0.3 is 19.5 Å². The fourth-order valence-corrected chi connectivity index (χ4v) is 7.14. The molecule has 47 heavy (non-hydrogen) atoms. The summed E-state index contributed by atoms with van der Waals surface area (Å²) >= 11 is 3.37. The molecule has 0 unspecified atom stereocenters. The highest BCUT2D eigenvalue weighted by Gasteiger charge is 2.32. The molecule has 4 aromatic carbocycles. The molecule has 1 N–H and O–H groups in total. The van der Waals surface area contributed by atoms with Crippen LogP contribution in [0.25, 0.3) is 6.08 Å². The number of nitrogens with one attached hydrogen (secondary N) is 1. The maximum Gasteiger partial charge on any atom is 0.271 e. The Labute approximate surface area is 287 Å². The maximum absolute atomic E-state index is 14.2. The van der Waals surface area contributed by atoms with Crippen molar-refractivity contribution in [2.24, 2.45) is 4.99 Å². The van der Waals surface area contributed by atoms with Crippen molar-refractivity contribution in [3.63, 3.8) is 0 Å². The SMILES string of the molecule is COc1ccc([C@H]2C(C(=O)Nc3ccccc3)=C(C)N=c3s/c(=C/c4cc(I)c(OCc5ccccc5F)c(OC)c4)c(=O)n32)cc1. The molecule has 11 heteroatoms. The van der Waals surface area contributed by atoms with E-state index in [0.29, 0.717) is 54.7 Å². The number of para-hydroxylation sites is 1. The van der Waals surface area contributed by atoms with E-state index in [1.807, 2.05) is 36.4 Å². The first-order chi connectivity index (χ1) is 22.8. The van der Waals surface area contributed by atoms with E-state index in [-0.39, 0.29) is 23.9 Å². The lowest BCUT2D eigenvalue weighted by Crippen LogP contribution is -2.40. The highest BCUT2D eigenvalue weighted by atomic mass is 127. The van der Waals surface area contributed by atoms with Gasteiger partial charge in [-0.15, -0.1) is 0 Å². The van der Waals surface area contributed by atoms with Crippen molar-refractivity contribution in [1.29, 1.82) is 0 Å². The van der Waals surface area contributed by atoms with Crippen molar-refractivity contribution in [3.8, 4) is 17.2 Å². The van der Waals surface area contributed by atoms with Crippen LogP contribution < -0.4 is 34.4 Å². The van der Waals surface area contributed by atoms with Crippen molar-refractivity contribution >= 4 is 51.6 Å². The summed E-state index contributed by atoms with van der Waals surface area (Å²) in [4.78, 5) is 33.2. The number of hydrogen-bond acceptors (Lipinski definition) is 7. The summed E-state index contributed by atoms with van der Waals surface area (Å²) in [6.45, 7) is 1.81. The molecule has 1 aliphatic heterocycles. The van der Waals surface area contributed by atoms with Crippen LogP contribution in [-0.2, 0) is 11.4 Å². The molecule has 5 aromatic rings. The summed E-state index contributed by atoms with van der Waals surface area (Å²) < 4.78 is 33.9. The van der Waals surface area contributed by atoms with E-state index in [1.165, 1.54) is 24.5 Å². The average Bonchev–Trinajstić information content (AvgIpc) is 3.38. The number of nitrogens with zero attached hydrogens (tertiary/aromatic N) is 2. The quantitative estimate of drug-likeness (QED) is 0.181. The van der Waals surface area contributed by atoms with Crippen LogP contribution in [0.15, 0.2) is 112 Å². The number of anilines is 1. The fourth-order valence-electron chi connectivity index (χ4n) is 5.31. The number of ether oxygens (including phenoxy) is 3. The summed E-state index contributed by atoms with van der Waals surface area (Å²) in [5.74, 6) is 0.871. The summed E-state index contributed by atoms with van der Waals surface area (Å²) in [5, 5.41) is 2.96. The Morgan fingerprint density at radius 1 is 1.02 bits per heavy atom. The predicted molar refractivity (Wildman–Crippen MR) is 188 cm³/mol. The standard InChI is InChI=1S/C36H29FIN3O5S/c1-21-31(34(42)40-25-10-5-4-6-11-25)32(23-13-15-26(44-2)16-14-23)41-35(43)30(47-36(41)39-21)19-22-17-28(38)33(29(18-22)45-3)46-20-24-9-7-8-12-27(24)37/h4-19,32H,20H2,1-3H3,(H,40,42)/b30-19+/t32-/m0/s1. The molecule has 2 heterocycles. The second kappa shape index (κ2) is 13.9. The second-order valence-corrected chi connectivity index (χ2v) is 12.8. The third-order valence-corrected chi connectivity index (χ3v) is 9.39. The van der Waals surface area contributed by atoms with Crippen LogP contribution in [0.5, 0.6) is 17.2 Å². The third kappa shape index (κ3) is 6.72. The van der Waals surface area contributed by atoms with Gasteiger partial charge in [0.05, 0.1) is 39.6 Å². The summed E-state index contributed by atoms with van der Waals surface area (Å²) in [6.07, 6.45) is 1.77. The Hall–Kier alpha value is -4.75. The number of thiazole rings is 1. The van der Waals surface area contributed by atoms with Crippen LogP contribution in [0.4, 0.5) is 10.1 Å². The Morgan fingerprint density at radius 2 is 1.74 bits per heavy atom. The summed E-state index contributed by atoms with van der Waals surface area (Å²) in [7, 11) is 3.11. The molecule has 238 valence electrons. The smallest absolute Gasteiger partial charge is 0.271 e. The number of hydrogen-bond donors (Lipinski definition) is 1. The number of aromatic nitrogens is 1. The predicted octanol–water partition coefficient (Wildman–Crippen LogP) is 6.21. The maximum atomic E-state index is 14.2. The molecule has 1 atom stereocenters. The number of carbonyl (C=O) groups excluding carboxylic acids is 1. The van der Waals surface area contributed by atoms with Gasteiger partial charge in [0.1, 0.15) is 18.2 Å².